The third kappa shape index (κ3) is 15.5. The van der Waals surface area contributed by atoms with Gasteiger partial charge in [-0.2, -0.15) is 0 Å². The highest BCUT2D eigenvalue weighted by Gasteiger charge is 2.26. The number of rotatable bonds is 16. The number of ether oxygens (including phenoxy) is 8. The fraction of sp³-hybridized carbons (Fsp3) is 0.400. The first kappa shape index (κ1) is 59.2. The number of alkyl carbamates (subject to hydrolysis) is 4. The van der Waals surface area contributed by atoms with Gasteiger partial charge in [-0.15, -0.1) is 0 Å². The molecule has 0 aliphatic carbocycles. The Bertz CT molecular complexity index is 3570. The lowest BCUT2D eigenvalue weighted by Gasteiger charge is -2.19. The largest absolute Gasteiger partial charge is 0.492 e. The van der Waals surface area contributed by atoms with Crippen molar-refractivity contribution in [2.75, 3.05) is 52.6 Å². The van der Waals surface area contributed by atoms with Crippen LogP contribution in [0.2, 0.25) is 0 Å². The molecule has 0 saturated carbocycles. The van der Waals surface area contributed by atoms with Gasteiger partial charge in [-0.25, -0.2) is 49.1 Å². The molecule has 0 unspecified atom stereocenters. The number of H-pyrrole nitrogens is 2. The molecule has 6 N–H and O–H groups in total. The van der Waals surface area contributed by atoms with Gasteiger partial charge in [0, 0.05) is 43.8 Å². The number of carbonyl (C=O) groups excluding carboxylic acids is 4. The Balaban J connectivity index is 1.17. The Kier molecular flexibility index (Phi) is 17.0. The van der Waals surface area contributed by atoms with E-state index in [2.05, 4.69) is 31.2 Å². The highest BCUT2D eigenvalue weighted by Crippen LogP contribution is 2.40. The monoisotopic (exact) mass is 1150 g/mol. The van der Waals surface area contributed by atoms with Crippen LogP contribution in [0.1, 0.15) is 83.1 Å². The van der Waals surface area contributed by atoms with Crippen molar-refractivity contribution >= 4 is 68.5 Å². The second kappa shape index (κ2) is 24.2. The zero-order valence-electron chi connectivity index (χ0n) is 49.2. The van der Waals surface area contributed by atoms with Crippen LogP contribution in [0.5, 0.6) is 23.0 Å². The van der Waals surface area contributed by atoms with Crippen molar-refractivity contribution in [2.45, 2.75) is 105 Å². The van der Waals surface area contributed by atoms with E-state index in [-0.39, 0.29) is 52.6 Å². The number of amides is 4. The molecule has 0 atom stereocenters. The molecule has 4 aromatic carbocycles. The van der Waals surface area contributed by atoms with Gasteiger partial charge in [0.2, 0.25) is 0 Å². The average molecular weight is 1150 g/mol. The predicted octanol–water partition coefficient (Wildman–Crippen LogP) is 10.5. The summed E-state index contributed by atoms with van der Waals surface area (Å²) in [6.45, 7) is 22.7. The Morgan fingerprint density at radius 1 is 0.345 bits per heavy atom. The maximum atomic E-state index is 12.4. The molecule has 2 aliphatic rings. The number of nitrogens with zero attached hydrogens (tertiary/aromatic N) is 6. The van der Waals surface area contributed by atoms with Gasteiger partial charge in [-0.1, -0.05) is 0 Å². The second-order valence-electron chi connectivity index (χ2n) is 23.5. The zero-order chi connectivity index (χ0) is 60.1. The van der Waals surface area contributed by atoms with Crippen molar-refractivity contribution in [2.24, 2.45) is 0 Å². The lowest BCUT2D eigenvalue weighted by Crippen LogP contribution is -2.34. The van der Waals surface area contributed by atoms with Crippen LogP contribution in [0.4, 0.5) is 19.2 Å². The number of nitrogens with one attached hydrogen (secondary N) is 6. The van der Waals surface area contributed by atoms with Crippen LogP contribution in [-0.4, -0.2) is 139 Å². The molecule has 4 amide bonds. The molecular formula is C60H70N12O12. The van der Waals surface area contributed by atoms with E-state index in [4.69, 9.17) is 67.8 Å². The molecule has 0 saturated heterocycles. The van der Waals surface area contributed by atoms with Crippen molar-refractivity contribution in [3.8, 4) is 68.5 Å². The molecule has 84 heavy (non-hydrogen) atoms. The van der Waals surface area contributed by atoms with Crippen LogP contribution in [0.3, 0.4) is 0 Å². The summed E-state index contributed by atoms with van der Waals surface area (Å²) >= 11 is 0. The molecule has 5 heterocycles. The summed E-state index contributed by atoms with van der Waals surface area (Å²) in [5, 5.41) is 13.5. The summed E-state index contributed by atoms with van der Waals surface area (Å²) < 4.78 is 46.2. The summed E-state index contributed by atoms with van der Waals surface area (Å²) in [5.41, 5.74) is 1.40. The van der Waals surface area contributed by atoms with Crippen LogP contribution in [-0.2, 0) is 18.9 Å². The Hall–Kier alpha value is -9.48. The molecule has 3 aromatic heterocycles. The Morgan fingerprint density at radius 3 is 0.905 bits per heavy atom. The minimum atomic E-state index is -0.664. The van der Waals surface area contributed by atoms with Crippen molar-refractivity contribution in [3.05, 3.63) is 72.8 Å². The number of hydrogen-bond donors (Lipinski definition) is 6. The summed E-state index contributed by atoms with van der Waals surface area (Å²) in [4.78, 5) is 87.4. The molecule has 0 radical (unpaired) electrons. The predicted molar refractivity (Wildman–Crippen MR) is 315 cm³/mol. The number of benzene rings is 4. The average Bonchev–Trinajstić information content (AvgIpc) is 2.17. The van der Waals surface area contributed by atoms with Gasteiger partial charge in [-0.05, 0) is 156 Å². The fourth-order valence-corrected chi connectivity index (χ4v) is 8.61. The number of fused-ring (bicyclic) bond motifs is 20. The Morgan fingerprint density at radius 2 is 0.607 bits per heavy atom. The number of hydrogen-bond acceptors (Lipinski definition) is 18. The van der Waals surface area contributed by atoms with Gasteiger partial charge in [0.15, 0.2) is 23.3 Å². The summed E-state index contributed by atoms with van der Waals surface area (Å²) in [7, 11) is 0. The molecule has 24 nitrogen and oxygen atoms in total. The highest BCUT2D eigenvalue weighted by atomic mass is 16.6. The van der Waals surface area contributed by atoms with E-state index in [9.17, 15) is 19.2 Å². The van der Waals surface area contributed by atoms with E-state index in [0.717, 1.165) is 0 Å². The van der Waals surface area contributed by atoms with Gasteiger partial charge >= 0.3 is 24.4 Å². The minimum absolute atomic E-state index is 0.131. The zero-order valence-corrected chi connectivity index (χ0v) is 49.2. The summed E-state index contributed by atoms with van der Waals surface area (Å²) in [6, 6.07) is 21.9. The third-order valence-electron chi connectivity index (χ3n) is 11.9. The van der Waals surface area contributed by atoms with Crippen LogP contribution in [0.15, 0.2) is 72.8 Å². The van der Waals surface area contributed by atoms with Crippen molar-refractivity contribution in [3.63, 3.8) is 0 Å². The van der Waals surface area contributed by atoms with Gasteiger partial charge in [0.05, 0.1) is 26.2 Å². The van der Waals surface area contributed by atoms with Crippen molar-refractivity contribution in [1.29, 1.82) is 0 Å². The smallest absolute Gasteiger partial charge is 0.407 e. The fourth-order valence-electron chi connectivity index (χ4n) is 8.61. The normalized spacial score (nSPS) is 12.1. The van der Waals surface area contributed by atoms with E-state index in [1.807, 2.05) is 48.5 Å². The Labute approximate surface area is 484 Å². The lowest BCUT2D eigenvalue weighted by atomic mass is 10.1. The van der Waals surface area contributed by atoms with Crippen molar-refractivity contribution in [1.82, 2.24) is 61.1 Å². The second-order valence-corrected chi connectivity index (χ2v) is 23.5. The highest BCUT2D eigenvalue weighted by molar-refractivity contribution is 6.07. The van der Waals surface area contributed by atoms with Crippen LogP contribution in [0.25, 0.3) is 89.7 Å². The first-order chi connectivity index (χ1) is 39.7. The molecule has 7 aromatic rings. The number of aromatic nitrogens is 8. The lowest BCUT2D eigenvalue weighted by molar-refractivity contribution is 0.0509. The maximum Gasteiger partial charge on any atom is 0.407 e. The van der Waals surface area contributed by atoms with Gasteiger partial charge < -0.3 is 69.1 Å². The SMILES string of the molecule is CC(C)(C)OC(=O)NCCOc1ccc2c(c1)-c1nc-2nc2[nH]c(nc3nc(nc4[nH]c(n1)c1ccc(OCCNC(=O)OC(C)(C)C)cc41)-c1ccc(OCCNC(=O)OC(C)(C)C)cc1-3)c1ccc(OCCNC(=O)OC(C)(C)C)cc21. The molecule has 8 bridgehead atoms. The molecular weight excluding hydrogens is 1080 g/mol. The first-order valence-electron chi connectivity index (χ1n) is 27.5. The number of aromatic amines is 2. The summed E-state index contributed by atoms with van der Waals surface area (Å²) in [6.07, 6.45) is -2.24. The maximum absolute atomic E-state index is 12.4. The number of carbonyl (C=O) groups is 4. The van der Waals surface area contributed by atoms with E-state index in [0.29, 0.717) is 113 Å². The van der Waals surface area contributed by atoms with Gasteiger partial charge in [-0.3, -0.25) is 0 Å². The standard InChI is InChI=1S/C60H70N12O12/c1-57(2,3)81-53(73)61-21-25-77-33-13-17-37-41(29-33)49-65-45(37)70-50-43-31-35(79-27-23-63-55(75)83-59(7,8)9)15-19-39(43)47(67-50)72-52-44-32-36(80-28-24-64-56(76)84-60(10,11)12)16-20-40(44)48(68-52)71-51-42-30-34(14-18-38(42)46(66-51)69-49)78-26-22-62-54(74)82-58(4,5)6/h13-20,29-32H,21-28H2,1-12H3,(H,61,73)(H,62,74)(H,63,75)(H,64,76)(H2,65,66,67,68,69,70,71,72). The first-order valence-corrected chi connectivity index (χ1v) is 27.5. The van der Waals surface area contributed by atoms with E-state index in [1.165, 1.54) is 0 Å². The molecule has 0 spiro atoms. The van der Waals surface area contributed by atoms with Gasteiger partial charge in [0.1, 0.15) is 94.4 Å². The molecule has 9 rings (SSSR count). The topological polar surface area (TPSA) is 299 Å². The van der Waals surface area contributed by atoms with E-state index >= 15 is 0 Å². The van der Waals surface area contributed by atoms with Crippen LogP contribution < -0.4 is 40.2 Å². The van der Waals surface area contributed by atoms with Crippen LogP contribution in [0, 0.1) is 0 Å². The molecule has 24 heteroatoms. The molecule has 0 fully saturated rings. The molecule has 442 valence electrons. The van der Waals surface area contributed by atoms with E-state index < -0.39 is 46.8 Å². The van der Waals surface area contributed by atoms with E-state index in [1.54, 1.807) is 107 Å². The molecule has 2 aliphatic heterocycles. The van der Waals surface area contributed by atoms with Gasteiger partial charge in [0.25, 0.3) is 0 Å². The quantitative estimate of drug-likeness (QED) is 0.0387. The van der Waals surface area contributed by atoms with Crippen molar-refractivity contribution < 1.29 is 57.1 Å². The summed E-state index contributed by atoms with van der Waals surface area (Å²) in [5.74, 6) is 3.16. The minimum Gasteiger partial charge on any atom is -0.492 e. The van der Waals surface area contributed by atoms with Crippen LogP contribution >= 0.6 is 0 Å². The third-order valence-corrected chi connectivity index (χ3v) is 11.9.